The van der Waals surface area contributed by atoms with Crippen LogP contribution in [-0.4, -0.2) is 52.4 Å². The Morgan fingerprint density at radius 1 is 1.03 bits per heavy atom. The zero-order chi connectivity index (χ0) is 21.4. The normalized spacial score (nSPS) is 16.7. The number of thiazole rings is 2. The van der Waals surface area contributed by atoms with Gasteiger partial charge in [-0.1, -0.05) is 24.3 Å². The van der Waals surface area contributed by atoms with Gasteiger partial charge < -0.3 is 4.90 Å². The van der Waals surface area contributed by atoms with Gasteiger partial charge in [-0.25, -0.2) is 9.97 Å². The molecule has 0 N–H and O–H groups in total. The minimum Gasteiger partial charge on any atom is -0.335 e. The molecular weight excluding hydrogens is 424 g/mol. The van der Waals surface area contributed by atoms with E-state index in [-0.39, 0.29) is 11.9 Å². The lowest BCUT2D eigenvalue weighted by Gasteiger charge is -2.32. The number of hydrogen-bond donors (Lipinski definition) is 0. The zero-order valence-electron chi connectivity index (χ0n) is 17.8. The summed E-state index contributed by atoms with van der Waals surface area (Å²) in [6, 6.07) is 16.5. The van der Waals surface area contributed by atoms with Crippen molar-refractivity contribution >= 4 is 49.0 Å². The number of para-hydroxylation sites is 2. The lowest BCUT2D eigenvalue weighted by Crippen LogP contribution is -2.42. The predicted molar refractivity (Wildman–Crippen MR) is 129 cm³/mol. The molecule has 5 rings (SSSR count). The van der Waals surface area contributed by atoms with Gasteiger partial charge in [-0.2, -0.15) is 0 Å². The fourth-order valence-electron chi connectivity index (χ4n) is 4.16. The Bertz CT molecular complexity index is 1140. The molecule has 0 radical (unpaired) electrons. The van der Waals surface area contributed by atoms with Crippen molar-refractivity contribution in [3.05, 3.63) is 58.5 Å². The van der Waals surface area contributed by atoms with Crippen molar-refractivity contribution in [3.63, 3.8) is 0 Å². The second-order valence-corrected chi connectivity index (χ2v) is 10.4. The molecule has 2 aromatic heterocycles. The number of amides is 1. The van der Waals surface area contributed by atoms with Gasteiger partial charge in [0.15, 0.2) is 0 Å². The highest BCUT2D eigenvalue weighted by Gasteiger charge is 2.27. The molecule has 0 bridgehead atoms. The van der Waals surface area contributed by atoms with Crippen LogP contribution in [0.2, 0.25) is 0 Å². The standard InChI is InChI=1S/C24H26N4OS2/c1-16(23-25-18-7-3-5-9-20(18)30-23)27(2)22(29)15-28-13-11-17(12-14-28)24-26-19-8-4-6-10-21(19)31-24/h3-10,16-17H,11-15H2,1-2H3. The minimum atomic E-state index is -0.0230. The van der Waals surface area contributed by atoms with Crippen molar-refractivity contribution in [2.24, 2.45) is 0 Å². The predicted octanol–water partition coefficient (Wildman–Crippen LogP) is 5.31. The molecule has 1 atom stereocenters. The Morgan fingerprint density at radius 2 is 1.65 bits per heavy atom. The van der Waals surface area contributed by atoms with Gasteiger partial charge in [0.05, 0.1) is 38.0 Å². The summed E-state index contributed by atoms with van der Waals surface area (Å²) in [5.74, 6) is 0.661. The van der Waals surface area contributed by atoms with Crippen molar-refractivity contribution in [1.29, 1.82) is 0 Å². The van der Waals surface area contributed by atoms with E-state index in [1.807, 2.05) is 47.5 Å². The molecule has 160 valence electrons. The van der Waals surface area contributed by atoms with Gasteiger partial charge in [0.2, 0.25) is 5.91 Å². The molecule has 5 nitrogen and oxygen atoms in total. The first kappa shape index (κ1) is 20.5. The third-order valence-corrected chi connectivity index (χ3v) is 8.65. The molecule has 1 saturated heterocycles. The number of carbonyl (C=O) groups is 1. The van der Waals surface area contributed by atoms with E-state index in [1.165, 1.54) is 14.4 Å². The maximum absolute atomic E-state index is 13.0. The molecule has 1 aliphatic heterocycles. The number of piperidine rings is 1. The van der Waals surface area contributed by atoms with E-state index < -0.39 is 0 Å². The maximum atomic E-state index is 13.0. The molecule has 1 unspecified atom stereocenters. The molecule has 3 heterocycles. The molecule has 0 spiro atoms. The highest BCUT2D eigenvalue weighted by molar-refractivity contribution is 7.19. The van der Waals surface area contributed by atoms with Crippen LogP contribution in [-0.2, 0) is 4.79 Å². The summed E-state index contributed by atoms with van der Waals surface area (Å²) in [5, 5.41) is 2.24. The number of rotatable bonds is 5. The first-order valence-corrected chi connectivity index (χ1v) is 12.4. The fourth-order valence-corrected chi connectivity index (χ4v) is 6.36. The van der Waals surface area contributed by atoms with Crippen LogP contribution < -0.4 is 0 Å². The van der Waals surface area contributed by atoms with E-state index in [2.05, 4.69) is 36.1 Å². The van der Waals surface area contributed by atoms with Gasteiger partial charge in [0.25, 0.3) is 0 Å². The molecule has 31 heavy (non-hydrogen) atoms. The Labute approximate surface area is 190 Å². The lowest BCUT2D eigenvalue weighted by molar-refractivity contribution is -0.133. The van der Waals surface area contributed by atoms with E-state index >= 15 is 0 Å². The van der Waals surface area contributed by atoms with Crippen molar-refractivity contribution in [2.45, 2.75) is 31.7 Å². The number of carbonyl (C=O) groups excluding carboxylic acids is 1. The van der Waals surface area contributed by atoms with E-state index in [1.54, 1.807) is 11.3 Å². The Hall–Kier alpha value is -2.35. The van der Waals surface area contributed by atoms with E-state index in [0.29, 0.717) is 12.5 Å². The highest BCUT2D eigenvalue weighted by Crippen LogP contribution is 2.34. The molecule has 7 heteroatoms. The van der Waals surface area contributed by atoms with Crippen molar-refractivity contribution in [3.8, 4) is 0 Å². The molecule has 0 aliphatic carbocycles. The maximum Gasteiger partial charge on any atom is 0.237 e. The van der Waals surface area contributed by atoms with Crippen molar-refractivity contribution in [2.75, 3.05) is 26.7 Å². The summed E-state index contributed by atoms with van der Waals surface area (Å²) >= 11 is 3.49. The van der Waals surface area contributed by atoms with E-state index in [4.69, 9.17) is 9.97 Å². The number of aromatic nitrogens is 2. The Morgan fingerprint density at radius 3 is 2.29 bits per heavy atom. The van der Waals surface area contributed by atoms with Gasteiger partial charge in [-0.3, -0.25) is 9.69 Å². The van der Waals surface area contributed by atoms with Crippen LogP contribution >= 0.6 is 22.7 Å². The van der Waals surface area contributed by atoms with Gasteiger partial charge in [0.1, 0.15) is 5.01 Å². The van der Waals surface area contributed by atoms with Crippen molar-refractivity contribution < 1.29 is 4.79 Å². The Balaban J connectivity index is 1.18. The van der Waals surface area contributed by atoms with E-state index in [9.17, 15) is 4.79 Å². The third-order valence-electron chi connectivity index (χ3n) is 6.25. The number of benzene rings is 2. The van der Waals surface area contributed by atoms with Gasteiger partial charge >= 0.3 is 0 Å². The molecule has 1 fully saturated rings. The number of likely N-dealkylation sites (N-methyl/N-ethyl adjacent to an activating group) is 1. The minimum absolute atomic E-state index is 0.0230. The zero-order valence-corrected chi connectivity index (χ0v) is 19.5. The summed E-state index contributed by atoms with van der Waals surface area (Å²) in [5.41, 5.74) is 2.11. The van der Waals surface area contributed by atoms with Gasteiger partial charge in [0, 0.05) is 13.0 Å². The number of fused-ring (bicyclic) bond motifs is 2. The number of nitrogens with zero attached hydrogens (tertiary/aromatic N) is 4. The average Bonchev–Trinajstić information content (AvgIpc) is 3.42. The monoisotopic (exact) mass is 450 g/mol. The summed E-state index contributed by atoms with van der Waals surface area (Å²) in [6.45, 7) is 4.42. The van der Waals surface area contributed by atoms with Crippen LogP contribution in [0, 0.1) is 0 Å². The molecule has 1 aliphatic rings. The third kappa shape index (κ3) is 4.22. The van der Waals surface area contributed by atoms with Crippen LogP contribution in [0.5, 0.6) is 0 Å². The molecule has 0 saturated carbocycles. The topological polar surface area (TPSA) is 49.3 Å². The van der Waals surface area contributed by atoms with Crippen LogP contribution in [0.4, 0.5) is 0 Å². The van der Waals surface area contributed by atoms with Gasteiger partial charge in [-0.15, -0.1) is 22.7 Å². The number of likely N-dealkylation sites (tertiary alicyclic amines) is 1. The van der Waals surface area contributed by atoms with Crippen molar-refractivity contribution in [1.82, 2.24) is 19.8 Å². The Kier molecular flexibility index (Phi) is 5.73. The summed E-state index contributed by atoms with van der Waals surface area (Å²) in [6.07, 6.45) is 2.12. The van der Waals surface area contributed by atoms with Crippen LogP contribution in [0.3, 0.4) is 0 Å². The smallest absolute Gasteiger partial charge is 0.237 e. The average molecular weight is 451 g/mol. The summed E-state index contributed by atoms with van der Waals surface area (Å²) in [7, 11) is 1.90. The highest BCUT2D eigenvalue weighted by atomic mass is 32.1. The summed E-state index contributed by atoms with van der Waals surface area (Å²) in [4.78, 5) is 26.7. The number of hydrogen-bond acceptors (Lipinski definition) is 6. The largest absolute Gasteiger partial charge is 0.335 e. The lowest BCUT2D eigenvalue weighted by atomic mass is 9.97. The molecular formula is C24H26N4OS2. The molecule has 2 aromatic carbocycles. The second-order valence-electron chi connectivity index (χ2n) is 8.27. The van der Waals surface area contributed by atoms with E-state index in [0.717, 1.165) is 42.0 Å². The molecule has 1 amide bonds. The van der Waals surface area contributed by atoms with Gasteiger partial charge in [-0.05, 0) is 57.1 Å². The fraction of sp³-hybridized carbons (Fsp3) is 0.375. The quantitative estimate of drug-likeness (QED) is 0.414. The van der Waals surface area contributed by atoms with Crippen LogP contribution in [0.15, 0.2) is 48.5 Å². The van der Waals surface area contributed by atoms with Crippen LogP contribution in [0.1, 0.15) is 41.7 Å². The SMILES string of the molecule is CC(c1nc2ccccc2s1)N(C)C(=O)CN1CCC(c2nc3ccccc3s2)CC1. The second kappa shape index (κ2) is 8.65. The molecule has 4 aromatic rings. The first-order valence-electron chi connectivity index (χ1n) is 10.8. The summed E-state index contributed by atoms with van der Waals surface area (Å²) < 4.78 is 2.43. The van der Waals surface area contributed by atoms with Crippen LogP contribution in [0.25, 0.3) is 20.4 Å². The first-order chi connectivity index (χ1) is 15.1.